The third-order valence-electron chi connectivity index (χ3n) is 8.44. The van der Waals surface area contributed by atoms with Gasteiger partial charge >= 0.3 is 18.4 Å². The van der Waals surface area contributed by atoms with E-state index < -0.39 is 65.1 Å². The van der Waals surface area contributed by atoms with Crippen molar-refractivity contribution in [3.05, 3.63) is 106 Å². The first-order valence-corrected chi connectivity index (χ1v) is 14.5. The van der Waals surface area contributed by atoms with E-state index in [9.17, 15) is 40.3 Å². The number of nitrogens with one attached hydrogen (secondary N) is 1. The van der Waals surface area contributed by atoms with Crippen molar-refractivity contribution in [1.82, 2.24) is 10.2 Å². The normalized spacial score (nSPS) is 24.0. The van der Waals surface area contributed by atoms with Crippen LogP contribution < -0.4 is 5.32 Å². The molecule has 2 aliphatic heterocycles. The molecular weight excluding hydrogens is 621 g/mol. The van der Waals surface area contributed by atoms with Crippen molar-refractivity contribution in [2.24, 2.45) is 0 Å². The second kappa shape index (κ2) is 12.6. The van der Waals surface area contributed by atoms with Gasteiger partial charge in [-0.25, -0.2) is 9.18 Å². The van der Waals surface area contributed by atoms with Gasteiger partial charge in [-0.3, -0.25) is 4.79 Å². The van der Waals surface area contributed by atoms with Crippen LogP contribution in [0.25, 0.3) is 0 Å². The number of halogens is 7. The molecule has 2 aliphatic rings. The van der Waals surface area contributed by atoms with E-state index in [1.165, 1.54) is 36.1 Å². The first-order valence-electron chi connectivity index (χ1n) is 14.5. The molecule has 3 unspecified atom stereocenters. The number of alkyl carbamates (subject to hydrolysis) is 1. The van der Waals surface area contributed by atoms with Gasteiger partial charge in [-0.2, -0.15) is 26.3 Å². The minimum atomic E-state index is -5.04. The van der Waals surface area contributed by atoms with Crippen molar-refractivity contribution in [3.8, 4) is 0 Å². The summed E-state index contributed by atoms with van der Waals surface area (Å²) in [5.41, 5.74) is -3.03. The highest BCUT2D eigenvalue weighted by Gasteiger charge is 2.53. The van der Waals surface area contributed by atoms with Crippen molar-refractivity contribution in [2.45, 2.75) is 75.4 Å². The first kappa shape index (κ1) is 33.2. The molecule has 46 heavy (non-hydrogen) atoms. The number of hydrogen-bond donors (Lipinski definition) is 1. The first-order chi connectivity index (χ1) is 21.5. The lowest BCUT2D eigenvalue weighted by molar-refractivity contribution is -0.143. The fraction of sp³-hybridized carbons (Fsp3) is 0.394. The maximum atomic E-state index is 13.9. The molecule has 0 aliphatic carbocycles. The van der Waals surface area contributed by atoms with Crippen LogP contribution in [0.2, 0.25) is 0 Å². The molecular formula is C33H31F7N2O4. The summed E-state index contributed by atoms with van der Waals surface area (Å²) in [5, 5.41) is 2.79. The van der Waals surface area contributed by atoms with E-state index in [2.05, 4.69) is 5.32 Å². The summed E-state index contributed by atoms with van der Waals surface area (Å²) in [4.78, 5) is 27.8. The predicted octanol–water partition coefficient (Wildman–Crippen LogP) is 7.78. The Kier molecular flexibility index (Phi) is 9.09. The summed E-state index contributed by atoms with van der Waals surface area (Å²) < 4.78 is 107. The molecule has 0 spiro atoms. The molecule has 13 heteroatoms. The zero-order chi connectivity index (χ0) is 33.4. The van der Waals surface area contributed by atoms with Crippen molar-refractivity contribution in [1.29, 1.82) is 0 Å². The Morgan fingerprint density at radius 1 is 0.978 bits per heavy atom. The highest BCUT2D eigenvalue weighted by atomic mass is 19.4. The standard InChI is InChI=1S/C33H31F7N2O4/c1-19(22-12-23(32(35,36)37)14-24(13-22)33(38,39)40)46-27-17-42-26(29(27)21-8-10-25(34)11-9-21)15-31(2,16-28(42)43)41-30(44)45-18-20-6-4-3-5-7-20/h3-14,19,26-27,29H,15-18H2,1-2H3,(H,41,44)/t19-,26?,27?,29+,31?/m1/s1. The summed E-state index contributed by atoms with van der Waals surface area (Å²) in [6.45, 7) is 3.01. The third kappa shape index (κ3) is 7.46. The van der Waals surface area contributed by atoms with Crippen LogP contribution in [0.4, 0.5) is 35.5 Å². The molecule has 2 saturated heterocycles. The Balaban J connectivity index is 1.41. The van der Waals surface area contributed by atoms with Crippen molar-refractivity contribution < 1.29 is 49.8 Å². The SMILES string of the molecule is C[C@@H](OC1CN2C(=O)CC(C)(NC(=O)OCc3ccccc3)CC2[C@@H]1c1ccc(F)cc1)c1cc(C(F)(F)F)cc(C(F)(F)F)c1. The second-order valence-corrected chi connectivity index (χ2v) is 12.0. The number of piperidine rings is 1. The van der Waals surface area contributed by atoms with E-state index in [0.29, 0.717) is 17.7 Å². The van der Waals surface area contributed by atoms with Gasteiger partial charge in [-0.05, 0) is 67.3 Å². The molecule has 0 bridgehead atoms. The van der Waals surface area contributed by atoms with Gasteiger partial charge in [-0.15, -0.1) is 0 Å². The monoisotopic (exact) mass is 652 g/mol. The van der Waals surface area contributed by atoms with Crippen LogP contribution in [-0.4, -0.2) is 41.1 Å². The van der Waals surface area contributed by atoms with E-state index in [0.717, 1.165) is 5.56 Å². The van der Waals surface area contributed by atoms with Crippen LogP contribution >= 0.6 is 0 Å². The molecule has 2 amide bonds. The van der Waals surface area contributed by atoms with Crippen molar-refractivity contribution >= 4 is 12.0 Å². The molecule has 3 aromatic carbocycles. The number of rotatable bonds is 7. The molecule has 5 atom stereocenters. The third-order valence-corrected chi connectivity index (χ3v) is 8.44. The van der Waals surface area contributed by atoms with E-state index in [1.807, 2.05) is 6.07 Å². The maximum Gasteiger partial charge on any atom is 0.416 e. The average Bonchev–Trinajstić information content (AvgIpc) is 3.33. The van der Waals surface area contributed by atoms with E-state index in [1.54, 1.807) is 31.2 Å². The number of benzene rings is 3. The number of hydrogen-bond acceptors (Lipinski definition) is 4. The van der Waals surface area contributed by atoms with Gasteiger partial charge in [0, 0.05) is 24.9 Å². The number of ether oxygens (including phenoxy) is 2. The molecule has 0 saturated carbocycles. The minimum Gasteiger partial charge on any atom is -0.445 e. The number of alkyl halides is 6. The lowest BCUT2D eigenvalue weighted by Gasteiger charge is -2.43. The van der Waals surface area contributed by atoms with E-state index in [-0.39, 0.29) is 43.5 Å². The highest BCUT2D eigenvalue weighted by molar-refractivity contribution is 5.81. The Hall–Kier alpha value is -4.13. The van der Waals surface area contributed by atoms with Gasteiger partial charge in [0.05, 0.1) is 28.9 Å². The number of fused-ring (bicyclic) bond motifs is 1. The van der Waals surface area contributed by atoms with Gasteiger partial charge in [0.25, 0.3) is 0 Å². The lowest BCUT2D eigenvalue weighted by atomic mass is 9.78. The van der Waals surface area contributed by atoms with Crippen LogP contribution in [0.3, 0.4) is 0 Å². The molecule has 246 valence electrons. The summed E-state index contributed by atoms with van der Waals surface area (Å²) in [7, 11) is 0. The molecule has 5 rings (SSSR count). The van der Waals surface area contributed by atoms with Gasteiger partial charge < -0.3 is 19.7 Å². The van der Waals surface area contributed by atoms with Gasteiger partial charge in [0.1, 0.15) is 12.4 Å². The van der Waals surface area contributed by atoms with E-state index in [4.69, 9.17) is 9.47 Å². The Labute approximate surface area is 260 Å². The summed E-state index contributed by atoms with van der Waals surface area (Å²) in [6.07, 6.45) is -12.8. The largest absolute Gasteiger partial charge is 0.445 e. The number of carbonyl (C=O) groups excluding carboxylic acids is 2. The topological polar surface area (TPSA) is 67.9 Å². The summed E-state index contributed by atoms with van der Waals surface area (Å²) >= 11 is 0. The van der Waals surface area contributed by atoms with Crippen LogP contribution in [0, 0.1) is 5.82 Å². The van der Waals surface area contributed by atoms with E-state index >= 15 is 0 Å². The molecule has 6 nitrogen and oxygen atoms in total. The molecule has 2 heterocycles. The molecule has 2 fully saturated rings. The number of amides is 2. The van der Waals surface area contributed by atoms with Crippen LogP contribution in [0.15, 0.2) is 72.8 Å². The summed E-state index contributed by atoms with van der Waals surface area (Å²) in [5.74, 6) is -1.52. The van der Waals surface area contributed by atoms with Crippen LogP contribution in [0.5, 0.6) is 0 Å². The smallest absolute Gasteiger partial charge is 0.416 e. The fourth-order valence-corrected chi connectivity index (χ4v) is 6.28. The Bertz CT molecular complexity index is 1530. The number of carbonyl (C=O) groups is 2. The molecule has 0 radical (unpaired) electrons. The minimum absolute atomic E-state index is 0.00382. The Morgan fingerprint density at radius 3 is 2.17 bits per heavy atom. The highest BCUT2D eigenvalue weighted by Crippen LogP contribution is 2.45. The van der Waals surface area contributed by atoms with Crippen molar-refractivity contribution in [3.63, 3.8) is 0 Å². The molecule has 1 N–H and O–H groups in total. The van der Waals surface area contributed by atoms with Gasteiger partial charge in [0.15, 0.2) is 0 Å². The van der Waals surface area contributed by atoms with Gasteiger partial charge in [-0.1, -0.05) is 42.5 Å². The lowest BCUT2D eigenvalue weighted by Crippen LogP contribution is -2.58. The number of nitrogens with zero attached hydrogens (tertiary/aromatic N) is 1. The Morgan fingerprint density at radius 2 is 1.59 bits per heavy atom. The van der Waals surface area contributed by atoms with Crippen molar-refractivity contribution in [2.75, 3.05) is 6.54 Å². The zero-order valence-electron chi connectivity index (χ0n) is 24.8. The predicted molar refractivity (Wildman–Crippen MR) is 152 cm³/mol. The average molecular weight is 653 g/mol. The second-order valence-electron chi connectivity index (χ2n) is 12.0. The zero-order valence-corrected chi connectivity index (χ0v) is 24.8. The van der Waals surface area contributed by atoms with Crippen LogP contribution in [-0.2, 0) is 33.2 Å². The molecule has 0 aromatic heterocycles. The molecule has 3 aromatic rings. The van der Waals surface area contributed by atoms with Gasteiger partial charge in [0.2, 0.25) is 5.91 Å². The van der Waals surface area contributed by atoms with Crippen LogP contribution in [0.1, 0.15) is 66.5 Å². The maximum absolute atomic E-state index is 13.9. The summed E-state index contributed by atoms with van der Waals surface area (Å²) in [6, 6.07) is 15.1. The quantitative estimate of drug-likeness (QED) is 0.265. The fourth-order valence-electron chi connectivity index (χ4n) is 6.28.